The van der Waals surface area contributed by atoms with Gasteiger partial charge in [-0.25, -0.2) is 4.68 Å². The quantitative estimate of drug-likeness (QED) is 0.641. The minimum atomic E-state index is -0.426. The fraction of sp³-hybridized carbons (Fsp3) is 0.0625. The summed E-state index contributed by atoms with van der Waals surface area (Å²) in [5.41, 5.74) is 7.03. The molecule has 0 bridgehead atoms. The van der Waals surface area contributed by atoms with Gasteiger partial charge < -0.3 is 4.98 Å². The van der Waals surface area contributed by atoms with Crippen LogP contribution in [0.15, 0.2) is 54.9 Å². The van der Waals surface area contributed by atoms with Crippen molar-refractivity contribution in [2.75, 3.05) is 0 Å². The number of aromatic nitrogens is 3. The van der Waals surface area contributed by atoms with E-state index in [1.807, 2.05) is 30.3 Å². The lowest BCUT2D eigenvalue weighted by atomic mass is 10.2. The molecular formula is C16H15N5O2. The highest BCUT2D eigenvalue weighted by molar-refractivity contribution is 5.98. The first-order valence-corrected chi connectivity index (χ1v) is 7.01. The van der Waals surface area contributed by atoms with Crippen LogP contribution in [0.2, 0.25) is 0 Å². The Hall–Kier alpha value is -3.35. The number of rotatable bonds is 3. The predicted molar refractivity (Wildman–Crippen MR) is 84.0 cm³/mol. The van der Waals surface area contributed by atoms with Gasteiger partial charge in [0.1, 0.15) is 5.69 Å². The van der Waals surface area contributed by atoms with Crippen LogP contribution in [0.1, 0.15) is 26.5 Å². The second-order valence-electron chi connectivity index (χ2n) is 4.88. The van der Waals surface area contributed by atoms with Gasteiger partial charge in [0, 0.05) is 6.20 Å². The van der Waals surface area contributed by atoms with Crippen molar-refractivity contribution in [3.8, 4) is 5.69 Å². The van der Waals surface area contributed by atoms with Crippen molar-refractivity contribution in [2.24, 2.45) is 0 Å². The zero-order chi connectivity index (χ0) is 16.2. The highest BCUT2D eigenvalue weighted by Gasteiger charge is 2.16. The first kappa shape index (κ1) is 14.6. The van der Waals surface area contributed by atoms with Crippen LogP contribution in [0.4, 0.5) is 0 Å². The van der Waals surface area contributed by atoms with E-state index in [1.165, 1.54) is 6.20 Å². The van der Waals surface area contributed by atoms with Crippen molar-refractivity contribution >= 4 is 11.8 Å². The van der Waals surface area contributed by atoms with E-state index in [-0.39, 0.29) is 0 Å². The van der Waals surface area contributed by atoms with Crippen LogP contribution in [0.25, 0.3) is 5.69 Å². The average molecular weight is 309 g/mol. The summed E-state index contributed by atoms with van der Waals surface area (Å²) in [6, 6.07) is 12.8. The first-order valence-electron chi connectivity index (χ1n) is 7.01. The smallest absolute Gasteiger partial charge is 0.286 e. The zero-order valence-corrected chi connectivity index (χ0v) is 12.4. The molecule has 2 heterocycles. The average Bonchev–Trinajstić information content (AvgIpc) is 3.23. The number of H-pyrrole nitrogens is 1. The fourth-order valence-corrected chi connectivity index (χ4v) is 2.18. The molecule has 2 aromatic heterocycles. The molecule has 0 unspecified atom stereocenters. The third kappa shape index (κ3) is 2.98. The number of hydrazine groups is 1. The highest BCUT2D eigenvalue weighted by atomic mass is 16.2. The lowest BCUT2D eigenvalue weighted by Gasteiger charge is -2.07. The molecule has 0 aliphatic heterocycles. The summed E-state index contributed by atoms with van der Waals surface area (Å²) >= 11 is 0. The summed E-state index contributed by atoms with van der Waals surface area (Å²) in [5, 5.41) is 4.22. The number of carbonyl (C=O) groups excluding carboxylic acids is 2. The number of carbonyl (C=O) groups is 2. The number of benzene rings is 1. The summed E-state index contributed by atoms with van der Waals surface area (Å²) < 4.78 is 1.67. The summed E-state index contributed by atoms with van der Waals surface area (Å²) in [4.78, 5) is 26.7. The molecule has 0 radical (unpaired) electrons. The highest BCUT2D eigenvalue weighted by Crippen LogP contribution is 2.13. The maximum atomic E-state index is 12.2. The molecule has 7 nitrogen and oxygen atoms in total. The zero-order valence-electron chi connectivity index (χ0n) is 12.4. The van der Waals surface area contributed by atoms with Gasteiger partial charge >= 0.3 is 0 Å². The molecule has 0 aliphatic carbocycles. The molecule has 3 aromatic rings. The van der Waals surface area contributed by atoms with E-state index in [2.05, 4.69) is 20.9 Å². The van der Waals surface area contributed by atoms with Crippen molar-refractivity contribution in [1.82, 2.24) is 25.6 Å². The molecule has 2 amide bonds. The fourth-order valence-electron chi connectivity index (χ4n) is 2.18. The van der Waals surface area contributed by atoms with Crippen LogP contribution in [0, 0.1) is 6.92 Å². The Bertz CT molecular complexity index is 822. The van der Waals surface area contributed by atoms with Gasteiger partial charge in [-0.3, -0.25) is 20.4 Å². The molecule has 0 spiro atoms. The number of para-hydroxylation sites is 1. The monoisotopic (exact) mass is 309 g/mol. The van der Waals surface area contributed by atoms with Crippen molar-refractivity contribution < 1.29 is 9.59 Å². The van der Waals surface area contributed by atoms with Crippen LogP contribution < -0.4 is 10.9 Å². The number of nitrogens with one attached hydrogen (secondary N) is 3. The van der Waals surface area contributed by atoms with Gasteiger partial charge in [0.15, 0.2) is 0 Å². The Morgan fingerprint density at radius 1 is 1.04 bits per heavy atom. The second kappa shape index (κ2) is 6.18. The lowest BCUT2D eigenvalue weighted by molar-refractivity contribution is 0.0844. The van der Waals surface area contributed by atoms with Crippen molar-refractivity contribution in [3.05, 3.63) is 71.8 Å². The van der Waals surface area contributed by atoms with Gasteiger partial charge in [-0.05, 0) is 31.2 Å². The Balaban J connectivity index is 1.71. The lowest BCUT2D eigenvalue weighted by Crippen LogP contribution is -2.41. The van der Waals surface area contributed by atoms with Gasteiger partial charge in [-0.15, -0.1) is 0 Å². The summed E-state index contributed by atoms with van der Waals surface area (Å²) in [7, 11) is 0. The number of hydrogen-bond acceptors (Lipinski definition) is 3. The molecule has 7 heteroatoms. The van der Waals surface area contributed by atoms with Crippen molar-refractivity contribution in [2.45, 2.75) is 6.92 Å². The minimum Gasteiger partial charge on any atom is -0.357 e. The second-order valence-corrected chi connectivity index (χ2v) is 4.88. The van der Waals surface area contributed by atoms with Crippen LogP contribution in [0.5, 0.6) is 0 Å². The predicted octanol–water partition coefficient (Wildman–Crippen LogP) is 1.58. The van der Waals surface area contributed by atoms with Crippen LogP contribution in [0.3, 0.4) is 0 Å². The molecule has 0 saturated carbocycles. The van der Waals surface area contributed by atoms with E-state index >= 15 is 0 Å². The maximum Gasteiger partial charge on any atom is 0.286 e. The molecule has 3 rings (SSSR count). The third-order valence-corrected chi connectivity index (χ3v) is 3.39. The molecule has 0 atom stereocenters. The molecule has 3 N–H and O–H groups in total. The van der Waals surface area contributed by atoms with E-state index in [0.29, 0.717) is 17.0 Å². The standard InChI is InChI=1S/C16H15N5O2/c1-11-13(10-18-21(11)12-6-3-2-4-7-12)15(22)19-20-16(23)14-8-5-9-17-14/h2-10,17H,1H3,(H,19,22)(H,20,23). The Morgan fingerprint density at radius 2 is 1.78 bits per heavy atom. The molecule has 23 heavy (non-hydrogen) atoms. The van der Waals surface area contributed by atoms with Crippen LogP contribution in [-0.4, -0.2) is 26.6 Å². The normalized spacial score (nSPS) is 10.3. The molecule has 116 valence electrons. The van der Waals surface area contributed by atoms with Crippen molar-refractivity contribution in [1.29, 1.82) is 0 Å². The summed E-state index contributed by atoms with van der Waals surface area (Å²) in [6.45, 7) is 1.79. The van der Waals surface area contributed by atoms with Gasteiger partial charge in [-0.2, -0.15) is 5.10 Å². The van der Waals surface area contributed by atoms with E-state index in [4.69, 9.17) is 0 Å². The van der Waals surface area contributed by atoms with E-state index < -0.39 is 11.8 Å². The molecule has 0 aliphatic rings. The third-order valence-electron chi connectivity index (χ3n) is 3.39. The molecular weight excluding hydrogens is 294 g/mol. The molecule has 1 aromatic carbocycles. The number of aromatic amines is 1. The Morgan fingerprint density at radius 3 is 2.48 bits per heavy atom. The topological polar surface area (TPSA) is 91.8 Å². The van der Waals surface area contributed by atoms with E-state index in [1.54, 1.807) is 29.9 Å². The van der Waals surface area contributed by atoms with Gasteiger partial charge in [0.25, 0.3) is 11.8 Å². The van der Waals surface area contributed by atoms with Gasteiger partial charge in [-0.1, -0.05) is 18.2 Å². The SMILES string of the molecule is Cc1c(C(=O)NNC(=O)c2ccc[nH]2)cnn1-c1ccccc1. The van der Waals surface area contributed by atoms with Gasteiger partial charge in [0.2, 0.25) is 0 Å². The minimum absolute atomic E-state index is 0.363. The van der Waals surface area contributed by atoms with Crippen molar-refractivity contribution in [3.63, 3.8) is 0 Å². The molecule has 0 fully saturated rings. The number of amides is 2. The Labute approximate surface area is 132 Å². The maximum absolute atomic E-state index is 12.2. The van der Waals surface area contributed by atoms with E-state index in [9.17, 15) is 9.59 Å². The number of hydrogen-bond donors (Lipinski definition) is 3. The number of nitrogens with zero attached hydrogens (tertiary/aromatic N) is 2. The van der Waals surface area contributed by atoms with Crippen LogP contribution in [-0.2, 0) is 0 Å². The molecule has 0 saturated heterocycles. The largest absolute Gasteiger partial charge is 0.357 e. The van der Waals surface area contributed by atoms with E-state index in [0.717, 1.165) is 5.69 Å². The Kier molecular flexibility index (Phi) is 3.92. The van der Waals surface area contributed by atoms with Gasteiger partial charge in [0.05, 0.1) is 23.1 Å². The summed E-state index contributed by atoms with van der Waals surface area (Å²) in [5.74, 6) is -0.846. The summed E-state index contributed by atoms with van der Waals surface area (Å²) in [6.07, 6.45) is 3.10. The first-order chi connectivity index (χ1) is 11.2. The van der Waals surface area contributed by atoms with Crippen LogP contribution >= 0.6 is 0 Å².